The first-order chi connectivity index (χ1) is 13.1. The fourth-order valence-electron chi connectivity index (χ4n) is 2.17. The average Bonchev–Trinajstić information content (AvgIpc) is 2.71. The molecular weight excluding hydrogens is 410 g/mol. The SMILES string of the molecule is O=C(NN=Cc1cc(Br)ccc1OC(=O)c1ccccc1)c1cccnc1. The number of benzene rings is 2. The maximum atomic E-state index is 12.3. The number of carbonyl (C=O) groups excluding carboxylic acids is 2. The van der Waals surface area contributed by atoms with E-state index < -0.39 is 11.9 Å². The molecule has 3 aromatic rings. The Labute approximate surface area is 164 Å². The van der Waals surface area contributed by atoms with Gasteiger partial charge in [-0.3, -0.25) is 9.78 Å². The summed E-state index contributed by atoms with van der Waals surface area (Å²) in [6.07, 6.45) is 4.43. The summed E-state index contributed by atoms with van der Waals surface area (Å²) in [6.45, 7) is 0. The number of pyridine rings is 1. The number of esters is 1. The molecule has 0 radical (unpaired) electrons. The second-order valence-electron chi connectivity index (χ2n) is 5.38. The number of halogens is 1. The van der Waals surface area contributed by atoms with E-state index in [0.29, 0.717) is 22.4 Å². The molecule has 2 aromatic carbocycles. The predicted molar refractivity (Wildman–Crippen MR) is 105 cm³/mol. The van der Waals surface area contributed by atoms with E-state index >= 15 is 0 Å². The van der Waals surface area contributed by atoms with Crippen molar-refractivity contribution < 1.29 is 14.3 Å². The van der Waals surface area contributed by atoms with Gasteiger partial charge in [0.25, 0.3) is 5.91 Å². The van der Waals surface area contributed by atoms with E-state index in [4.69, 9.17) is 4.74 Å². The van der Waals surface area contributed by atoms with Crippen LogP contribution in [0.4, 0.5) is 0 Å². The second kappa shape index (κ2) is 8.86. The highest BCUT2D eigenvalue weighted by Crippen LogP contribution is 2.23. The number of rotatable bonds is 5. The first-order valence-electron chi connectivity index (χ1n) is 7.94. The molecule has 6 nitrogen and oxygen atoms in total. The van der Waals surface area contributed by atoms with Gasteiger partial charge in [-0.25, -0.2) is 10.2 Å². The summed E-state index contributed by atoms with van der Waals surface area (Å²) in [7, 11) is 0. The van der Waals surface area contributed by atoms with Crippen molar-refractivity contribution >= 4 is 34.0 Å². The second-order valence-corrected chi connectivity index (χ2v) is 6.29. The van der Waals surface area contributed by atoms with E-state index in [-0.39, 0.29) is 0 Å². The minimum Gasteiger partial charge on any atom is -0.422 e. The Balaban J connectivity index is 1.74. The zero-order chi connectivity index (χ0) is 19.1. The number of aromatic nitrogens is 1. The van der Waals surface area contributed by atoms with Crippen molar-refractivity contribution in [1.82, 2.24) is 10.4 Å². The van der Waals surface area contributed by atoms with Crippen LogP contribution in [0, 0.1) is 0 Å². The van der Waals surface area contributed by atoms with Crippen molar-refractivity contribution in [3.05, 3.63) is 94.2 Å². The summed E-state index contributed by atoms with van der Waals surface area (Å²) in [4.78, 5) is 28.1. The predicted octanol–water partition coefficient (Wildman–Crippen LogP) is 3.83. The van der Waals surface area contributed by atoms with Crippen LogP contribution >= 0.6 is 15.9 Å². The Kier molecular flexibility index (Phi) is 6.06. The minimum atomic E-state index is -0.480. The van der Waals surface area contributed by atoms with Crippen molar-refractivity contribution in [3.63, 3.8) is 0 Å². The fraction of sp³-hybridized carbons (Fsp3) is 0. The van der Waals surface area contributed by atoms with Crippen LogP contribution in [0.3, 0.4) is 0 Å². The number of ether oxygens (including phenoxy) is 1. The third-order valence-electron chi connectivity index (χ3n) is 3.48. The summed E-state index contributed by atoms with van der Waals surface area (Å²) in [5, 5.41) is 3.94. The summed E-state index contributed by atoms with van der Waals surface area (Å²) < 4.78 is 6.23. The fourth-order valence-corrected chi connectivity index (χ4v) is 2.55. The highest BCUT2D eigenvalue weighted by Gasteiger charge is 2.11. The van der Waals surface area contributed by atoms with Crippen LogP contribution in [0.5, 0.6) is 5.75 Å². The van der Waals surface area contributed by atoms with E-state index in [1.165, 1.54) is 12.4 Å². The Hall–Kier alpha value is -3.32. The highest BCUT2D eigenvalue weighted by molar-refractivity contribution is 9.10. The van der Waals surface area contributed by atoms with E-state index in [1.54, 1.807) is 60.8 Å². The van der Waals surface area contributed by atoms with Gasteiger partial charge < -0.3 is 4.74 Å². The largest absolute Gasteiger partial charge is 0.422 e. The van der Waals surface area contributed by atoms with Crippen LogP contribution in [0.15, 0.2) is 82.6 Å². The molecule has 0 saturated heterocycles. The lowest BCUT2D eigenvalue weighted by atomic mass is 10.2. The van der Waals surface area contributed by atoms with Crippen LogP contribution in [0.25, 0.3) is 0 Å². The smallest absolute Gasteiger partial charge is 0.343 e. The molecule has 1 aromatic heterocycles. The molecule has 0 aliphatic rings. The number of carbonyl (C=O) groups is 2. The topological polar surface area (TPSA) is 80.6 Å². The maximum Gasteiger partial charge on any atom is 0.343 e. The average molecular weight is 424 g/mol. The van der Waals surface area contributed by atoms with Crippen molar-refractivity contribution in [3.8, 4) is 5.75 Å². The lowest BCUT2D eigenvalue weighted by Gasteiger charge is -2.08. The van der Waals surface area contributed by atoms with Gasteiger partial charge in [-0.15, -0.1) is 0 Å². The molecule has 27 heavy (non-hydrogen) atoms. The zero-order valence-electron chi connectivity index (χ0n) is 14.0. The molecule has 0 spiro atoms. The summed E-state index contributed by atoms with van der Waals surface area (Å²) in [5.74, 6) is -0.546. The van der Waals surface area contributed by atoms with Gasteiger partial charge in [0.2, 0.25) is 0 Å². The molecule has 0 saturated carbocycles. The maximum absolute atomic E-state index is 12.3. The number of hydrazone groups is 1. The van der Waals surface area contributed by atoms with Gasteiger partial charge in [0, 0.05) is 22.4 Å². The molecule has 0 aliphatic heterocycles. The molecule has 3 rings (SSSR count). The van der Waals surface area contributed by atoms with Crippen LogP contribution in [0.2, 0.25) is 0 Å². The Bertz CT molecular complexity index is 976. The minimum absolute atomic E-state index is 0.325. The Morgan fingerprint density at radius 1 is 1.04 bits per heavy atom. The Morgan fingerprint density at radius 3 is 2.56 bits per heavy atom. The van der Waals surface area contributed by atoms with Gasteiger partial charge in [0.1, 0.15) is 5.75 Å². The van der Waals surface area contributed by atoms with Gasteiger partial charge in [-0.05, 0) is 42.5 Å². The summed E-state index contributed by atoms with van der Waals surface area (Å²) in [6, 6.07) is 17.1. The lowest BCUT2D eigenvalue weighted by Crippen LogP contribution is -2.17. The normalized spacial score (nSPS) is 10.6. The van der Waals surface area contributed by atoms with E-state index in [2.05, 4.69) is 31.4 Å². The quantitative estimate of drug-likeness (QED) is 0.292. The van der Waals surface area contributed by atoms with Crippen molar-refractivity contribution in [2.75, 3.05) is 0 Å². The third-order valence-corrected chi connectivity index (χ3v) is 3.97. The van der Waals surface area contributed by atoms with Gasteiger partial charge in [0.05, 0.1) is 17.3 Å². The summed E-state index contributed by atoms with van der Waals surface area (Å²) in [5.41, 5.74) is 3.77. The van der Waals surface area contributed by atoms with Gasteiger partial charge >= 0.3 is 5.97 Å². The molecule has 0 bridgehead atoms. The van der Waals surface area contributed by atoms with E-state index in [1.807, 2.05) is 6.07 Å². The zero-order valence-corrected chi connectivity index (χ0v) is 15.6. The van der Waals surface area contributed by atoms with Crippen LogP contribution in [0.1, 0.15) is 26.3 Å². The number of nitrogens with one attached hydrogen (secondary N) is 1. The monoisotopic (exact) mass is 423 g/mol. The van der Waals surface area contributed by atoms with Gasteiger partial charge in [-0.1, -0.05) is 34.1 Å². The molecule has 1 heterocycles. The first-order valence-corrected chi connectivity index (χ1v) is 8.73. The number of hydrogen-bond donors (Lipinski definition) is 1. The van der Waals surface area contributed by atoms with Crippen LogP contribution < -0.4 is 10.2 Å². The highest BCUT2D eigenvalue weighted by atomic mass is 79.9. The molecule has 0 fully saturated rings. The molecule has 0 unspecified atom stereocenters. The van der Waals surface area contributed by atoms with Crippen LogP contribution in [-0.4, -0.2) is 23.1 Å². The molecule has 0 atom stereocenters. The number of amides is 1. The molecule has 7 heteroatoms. The number of nitrogens with zero attached hydrogens (tertiary/aromatic N) is 2. The van der Waals surface area contributed by atoms with Gasteiger partial charge in [0.15, 0.2) is 0 Å². The molecule has 0 aliphatic carbocycles. The Morgan fingerprint density at radius 2 is 1.81 bits per heavy atom. The standard InChI is InChI=1S/C20H14BrN3O3/c21-17-8-9-18(27-20(26)14-5-2-1-3-6-14)16(11-17)13-23-24-19(25)15-7-4-10-22-12-15/h1-13H,(H,24,25). The third kappa shape index (κ3) is 5.08. The molecule has 1 N–H and O–H groups in total. The van der Waals surface area contributed by atoms with E-state index in [9.17, 15) is 9.59 Å². The van der Waals surface area contributed by atoms with Crippen molar-refractivity contribution in [2.24, 2.45) is 5.10 Å². The molecule has 1 amide bonds. The van der Waals surface area contributed by atoms with Crippen molar-refractivity contribution in [2.45, 2.75) is 0 Å². The van der Waals surface area contributed by atoms with Gasteiger partial charge in [-0.2, -0.15) is 5.10 Å². The number of hydrogen-bond acceptors (Lipinski definition) is 5. The molecule has 134 valence electrons. The first kappa shape index (κ1) is 18.5. The molecular formula is C20H14BrN3O3. The van der Waals surface area contributed by atoms with Crippen molar-refractivity contribution in [1.29, 1.82) is 0 Å². The van der Waals surface area contributed by atoms with Crippen LogP contribution in [-0.2, 0) is 0 Å². The van der Waals surface area contributed by atoms with E-state index in [0.717, 1.165) is 4.47 Å². The summed E-state index contributed by atoms with van der Waals surface area (Å²) >= 11 is 3.37. The lowest BCUT2D eigenvalue weighted by molar-refractivity contribution is 0.0734.